The fourth-order valence-corrected chi connectivity index (χ4v) is 4.15. The van der Waals surface area contributed by atoms with E-state index in [1.807, 2.05) is 6.07 Å². The minimum Gasteiger partial charge on any atom is -0.340 e. The van der Waals surface area contributed by atoms with Crippen molar-refractivity contribution >= 4 is 15.9 Å². The van der Waals surface area contributed by atoms with Gasteiger partial charge in [-0.25, -0.2) is 8.42 Å². The van der Waals surface area contributed by atoms with E-state index in [0.29, 0.717) is 37.5 Å². The van der Waals surface area contributed by atoms with Crippen LogP contribution in [0.1, 0.15) is 5.56 Å². The number of carbonyl (C=O) groups excluding carboxylic acids is 1. The van der Waals surface area contributed by atoms with Crippen molar-refractivity contribution in [3.8, 4) is 0 Å². The van der Waals surface area contributed by atoms with Crippen LogP contribution in [0.5, 0.6) is 0 Å². The lowest BCUT2D eigenvalue weighted by Crippen LogP contribution is -2.50. The van der Waals surface area contributed by atoms with Gasteiger partial charge in [0, 0.05) is 38.6 Å². The Labute approximate surface area is 141 Å². The summed E-state index contributed by atoms with van der Waals surface area (Å²) in [5.74, 6) is -0.000223. The molecule has 6 nitrogen and oxygen atoms in total. The number of pyridine rings is 1. The molecule has 0 spiro atoms. The molecule has 1 amide bonds. The summed E-state index contributed by atoms with van der Waals surface area (Å²) in [7, 11) is -3.48. The number of hydrogen-bond donors (Lipinski definition) is 0. The summed E-state index contributed by atoms with van der Waals surface area (Å²) >= 11 is 0. The van der Waals surface area contributed by atoms with E-state index in [9.17, 15) is 13.2 Å². The highest BCUT2D eigenvalue weighted by Crippen LogP contribution is 2.17. The number of sulfonamides is 1. The van der Waals surface area contributed by atoms with Crippen LogP contribution in [0, 0.1) is 0 Å². The second kappa shape index (κ2) is 7.11. The maximum absolute atomic E-state index is 12.6. The van der Waals surface area contributed by atoms with Crippen molar-refractivity contribution in [1.29, 1.82) is 0 Å². The molecule has 0 saturated carbocycles. The van der Waals surface area contributed by atoms with Gasteiger partial charge in [0.05, 0.1) is 11.3 Å². The van der Waals surface area contributed by atoms with Crippen molar-refractivity contribution in [3.63, 3.8) is 0 Å². The van der Waals surface area contributed by atoms with Gasteiger partial charge in [0.25, 0.3) is 0 Å². The van der Waals surface area contributed by atoms with Gasteiger partial charge in [-0.15, -0.1) is 0 Å². The predicted octanol–water partition coefficient (Wildman–Crippen LogP) is 1.16. The van der Waals surface area contributed by atoms with E-state index in [1.54, 1.807) is 53.7 Å². The average molecular weight is 345 g/mol. The number of rotatable bonds is 4. The SMILES string of the molecule is O=C(Cc1cccnc1)N1CCN(S(=O)(=O)c2ccccc2)CC1. The number of hydrogen-bond acceptors (Lipinski definition) is 4. The number of aromatic nitrogens is 1. The van der Waals surface area contributed by atoms with E-state index in [4.69, 9.17) is 0 Å². The molecule has 1 aliphatic rings. The van der Waals surface area contributed by atoms with E-state index in [-0.39, 0.29) is 5.91 Å². The summed E-state index contributed by atoms with van der Waals surface area (Å²) in [6, 6.07) is 12.0. The van der Waals surface area contributed by atoms with Crippen molar-refractivity contribution in [3.05, 3.63) is 60.4 Å². The lowest BCUT2D eigenvalue weighted by molar-refractivity contribution is -0.131. The highest BCUT2D eigenvalue weighted by Gasteiger charge is 2.29. The molecule has 7 heteroatoms. The Morgan fingerprint density at radius 2 is 1.71 bits per heavy atom. The van der Waals surface area contributed by atoms with Gasteiger partial charge in [0.2, 0.25) is 15.9 Å². The van der Waals surface area contributed by atoms with Crippen molar-refractivity contribution in [2.24, 2.45) is 0 Å². The van der Waals surface area contributed by atoms with E-state index < -0.39 is 10.0 Å². The van der Waals surface area contributed by atoms with Gasteiger partial charge in [-0.2, -0.15) is 4.31 Å². The summed E-state index contributed by atoms with van der Waals surface area (Å²) in [5.41, 5.74) is 0.863. The van der Waals surface area contributed by atoms with Crippen LogP contribution in [0.2, 0.25) is 0 Å². The van der Waals surface area contributed by atoms with Gasteiger partial charge in [-0.3, -0.25) is 9.78 Å². The minimum atomic E-state index is -3.48. The van der Waals surface area contributed by atoms with Crippen molar-refractivity contribution < 1.29 is 13.2 Å². The van der Waals surface area contributed by atoms with Gasteiger partial charge in [0.15, 0.2) is 0 Å². The first-order valence-electron chi connectivity index (χ1n) is 7.79. The van der Waals surface area contributed by atoms with E-state index in [0.717, 1.165) is 5.56 Å². The summed E-state index contributed by atoms with van der Waals surface area (Å²) < 4.78 is 26.6. The maximum Gasteiger partial charge on any atom is 0.243 e. The molecule has 0 unspecified atom stereocenters. The summed E-state index contributed by atoms with van der Waals surface area (Å²) in [5, 5.41) is 0. The van der Waals surface area contributed by atoms with Gasteiger partial charge in [-0.05, 0) is 23.8 Å². The predicted molar refractivity (Wildman–Crippen MR) is 89.7 cm³/mol. The van der Waals surface area contributed by atoms with Crippen molar-refractivity contribution in [1.82, 2.24) is 14.2 Å². The summed E-state index contributed by atoms with van der Waals surface area (Å²) in [6.45, 7) is 1.45. The maximum atomic E-state index is 12.6. The van der Waals surface area contributed by atoms with E-state index >= 15 is 0 Å². The first kappa shape index (κ1) is 16.6. The van der Waals surface area contributed by atoms with Crippen molar-refractivity contribution in [2.45, 2.75) is 11.3 Å². The summed E-state index contributed by atoms with van der Waals surface area (Å²) in [6.07, 6.45) is 3.63. The molecule has 0 bridgehead atoms. The molecular formula is C17H19N3O3S. The number of amides is 1. The average Bonchev–Trinajstić information content (AvgIpc) is 2.63. The molecule has 2 heterocycles. The van der Waals surface area contributed by atoms with E-state index in [1.165, 1.54) is 4.31 Å². The largest absolute Gasteiger partial charge is 0.340 e. The zero-order chi connectivity index (χ0) is 17.0. The van der Waals surface area contributed by atoms with Crippen LogP contribution in [0.4, 0.5) is 0 Å². The topological polar surface area (TPSA) is 70.6 Å². The fraction of sp³-hybridized carbons (Fsp3) is 0.294. The highest BCUT2D eigenvalue weighted by molar-refractivity contribution is 7.89. The highest BCUT2D eigenvalue weighted by atomic mass is 32.2. The second-order valence-electron chi connectivity index (χ2n) is 5.64. The molecule has 126 valence electrons. The molecule has 1 fully saturated rings. The van der Waals surface area contributed by atoms with Crippen LogP contribution in [0.15, 0.2) is 59.8 Å². The molecule has 2 aromatic rings. The third-order valence-electron chi connectivity index (χ3n) is 4.05. The molecule has 1 aliphatic heterocycles. The third kappa shape index (κ3) is 3.63. The van der Waals surface area contributed by atoms with Gasteiger partial charge < -0.3 is 4.90 Å². The lowest BCUT2D eigenvalue weighted by Gasteiger charge is -2.34. The van der Waals surface area contributed by atoms with Gasteiger partial charge in [0.1, 0.15) is 0 Å². The van der Waals surface area contributed by atoms with Gasteiger partial charge >= 0.3 is 0 Å². The normalized spacial score (nSPS) is 16.1. The van der Waals surface area contributed by atoms with Crippen LogP contribution in [-0.2, 0) is 21.2 Å². The number of nitrogens with zero attached hydrogens (tertiary/aromatic N) is 3. The molecule has 1 aromatic carbocycles. The lowest BCUT2D eigenvalue weighted by atomic mass is 10.2. The molecular weight excluding hydrogens is 326 g/mol. The standard InChI is InChI=1S/C17H19N3O3S/c21-17(13-15-5-4-8-18-14-15)19-9-11-20(12-10-19)24(22,23)16-6-2-1-3-7-16/h1-8,14H,9-13H2. The molecule has 3 rings (SSSR count). The Hall–Kier alpha value is -2.25. The van der Waals surface area contributed by atoms with Gasteiger partial charge in [-0.1, -0.05) is 24.3 Å². The van der Waals surface area contributed by atoms with E-state index in [2.05, 4.69) is 4.98 Å². The minimum absolute atomic E-state index is 0.000223. The Balaban J connectivity index is 1.61. The van der Waals surface area contributed by atoms with Crippen LogP contribution in [0.3, 0.4) is 0 Å². The zero-order valence-corrected chi connectivity index (χ0v) is 14.0. The monoisotopic (exact) mass is 345 g/mol. The molecule has 0 atom stereocenters. The van der Waals surface area contributed by atoms with Crippen molar-refractivity contribution in [2.75, 3.05) is 26.2 Å². The molecule has 0 radical (unpaired) electrons. The smallest absolute Gasteiger partial charge is 0.243 e. The molecule has 24 heavy (non-hydrogen) atoms. The quantitative estimate of drug-likeness (QED) is 0.834. The number of benzene rings is 1. The Bertz CT molecular complexity index is 786. The van der Waals surface area contributed by atoms with Crippen LogP contribution < -0.4 is 0 Å². The molecule has 0 N–H and O–H groups in total. The van der Waals surface area contributed by atoms with Crippen LogP contribution in [0.25, 0.3) is 0 Å². The van der Waals surface area contributed by atoms with Crippen LogP contribution >= 0.6 is 0 Å². The molecule has 1 saturated heterocycles. The number of carbonyl (C=O) groups is 1. The fourth-order valence-electron chi connectivity index (χ4n) is 2.71. The zero-order valence-electron chi connectivity index (χ0n) is 13.2. The number of piperazine rings is 1. The third-order valence-corrected chi connectivity index (χ3v) is 5.96. The second-order valence-corrected chi connectivity index (χ2v) is 7.57. The Morgan fingerprint density at radius 1 is 1.00 bits per heavy atom. The Morgan fingerprint density at radius 3 is 2.33 bits per heavy atom. The van der Waals surface area contributed by atoms with Crippen LogP contribution in [-0.4, -0.2) is 54.7 Å². The first-order valence-corrected chi connectivity index (χ1v) is 9.23. The molecule has 1 aromatic heterocycles. The first-order chi connectivity index (χ1) is 11.6. The molecule has 0 aliphatic carbocycles. The summed E-state index contributed by atoms with van der Waals surface area (Å²) in [4.78, 5) is 18.3. The Kier molecular flexibility index (Phi) is 4.92.